The molecule has 0 saturated carbocycles. The summed E-state index contributed by atoms with van der Waals surface area (Å²) < 4.78 is 30.3. The van der Waals surface area contributed by atoms with E-state index in [1.165, 1.54) is 0 Å². The van der Waals surface area contributed by atoms with Gasteiger partial charge in [0.15, 0.2) is 9.84 Å². The van der Waals surface area contributed by atoms with Gasteiger partial charge in [0.2, 0.25) is 5.91 Å². The summed E-state index contributed by atoms with van der Waals surface area (Å²) in [6, 6.07) is 6.69. The van der Waals surface area contributed by atoms with Gasteiger partial charge in [0.1, 0.15) is 0 Å². The van der Waals surface area contributed by atoms with Gasteiger partial charge >= 0.3 is 0 Å². The number of benzene rings is 1. The third kappa shape index (κ3) is 6.70. The third-order valence-corrected chi connectivity index (χ3v) is 6.08. The number of ether oxygens (including phenoxy) is 1. The second-order valence-electron chi connectivity index (χ2n) is 7.33. The third-order valence-electron chi connectivity index (χ3n) is 4.35. The van der Waals surface area contributed by atoms with Crippen molar-refractivity contribution >= 4 is 15.7 Å². The molecule has 146 valence electrons. The predicted octanol–water partition coefficient (Wildman–Crippen LogP) is 1.63. The summed E-state index contributed by atoms with van der Waals surface area (Å²) in [7, 11) is -3.44. The molecule has 1 fully saturated rings. The zero-order chi connectivity index (χ0) is 19.2. The van der Waals surface area contributed by atoms with Crippen LogP contribution in [0.4, 0.5) is 0 Å². The molecule has 1 aromatic rings. The van der Waals surface area contributed by atoms with Crippen molar-refractivity contribution in [3.8, 4) is 0 Å². The van der Waals surface area contributed by atoms with Gasteiger partial charge in [-0.2, -0.15) is 0 Å². The number of hydrogen-bond acceptors (Lipinski definition) is 5. The van der Waals surface area contributed by atoms with E-state index in [0.717, 1.165) is 25.2 Å². The zero-order valence-electron chi connectivity index (χ0n) is 15.9. The van der Waals surface area contributed by atoms with E-state index in [2.05, 4.69) is 24.1 Å². The van der Waals surface area contributed by atoms with E-state index < -0.39 is 9.84 Å². The zero-order valence-corrected chi connectivity index (χ0v) is 16.7. The molecule has 1 saturated heterocycles. The van der Waals surface area contributed by atoms with E-state index >= 15 is 0 Å². The van der Waals surface area contributed by atoms with Crippen LogP contribution in [0.5, 0.6) is 0 Å². The molecule has 0 aliphatic carbocycles. The minimum absolute atomic E-state index is 0.0415. The van der Waals surface area contributed by atoms with Crippen molar-refractivity contribution in [2.45, 2.75) is 38.2 Å². The van der Waals surface area contributed by atoms with Gasteiger partial charge < -0.3 is 10.1 Å². The van der Waals surface area contributed by atoms with Gasteiger partial charge in [0.25, 0.3) is 0 Å². The fourth-order valence-electron chi connectivity index (χ4n) is 2.99. The lowest BCUT2D eigenvalue weighted by Gasteiger charge is -2.33. The largest absolute Gasteiger partial charge is 0.374 e. The summed E-state index contributed by atoms with van der Waals surface area (Å²) in [5, 5.41) is 2.80. The number of morpholine rings is 1. The van der Waals surface area contributed by atoms with Crippen molar-refractivity contribution in [2.24, 2.45) is 5.92 Å². The summed E-state index contributed by atoms with van der Waals surface area (Å²) in [5.74, 6) is 0.146. The first-order valence-corrected chi connectivity index (χ1v) is 10.8. The Kier molecular flexibility index (Phi) is 7.61. The Labute approximate surface area is 156 Å². The molecule has 6 nitrogen and oxygen atoms in total. The van der Waals surface area contributed by atoms with E-state index in [0.29, 0.717) is 19.1 Å². The molecule has 2 rings (SSSR count). The van der Waals surface area contributed by atoms with E-state index in [1.54, 1.807) is 24.3 Å². The van der Waals surface area contributed by atoms with Gasteiger partial charge in [0, 0.05) is 32.6 Å². The molecule has 1 atom stereocenters. The number of sulfone groups is 1. The second-order valence-corrected chi connectivity index (χ2v) is 9.44. The molecule has 1 heterocycles. The van der Waals surface area contributed by atoms with Crippen molar-refractivity contribution in [3.63, 3.8) is 0 Å². The molecule has 26 heavy (non-hydrogen) atoms. The van der Waals surface area contributed by atoms with Crippen LogP contribution in [0.2, 0.25) is 0 Å². The fraction of sp³-hybridized carbons (Fsp3) is 0.632. The molecule has 0 bridgehead atoms. The second kappa shape index (κ2) is 9.48. The summed E-state index contributed by atoms with van der Waals surface area (Å²) in [5.41, 5.74) is 1.00. The van der Waals surface area contributed by atoms with Crippen molar-refractivity contribution in [1.82, 2.24) is 10.2 Å². The first-order chi connectivity index (χ1) is 12.3. The molecular formula is C19H30N2O4S. The number of hydrogen-bond donors (Lipinski definition) is 1. The van der Waals surface area contributed by atoms with Crippen molar-refractivity contribution in [1.29, 1.82) is 0 Å². The maximum absolute atomic E-state index is 12.3. The number of rotatable bonds is 8. The lowest BCUT2D eigenvalue weighted by molar-refractivity contribution is -0.122. The van der Waals surface area contributed by atoms with Crippen molar-refractivity contribution in [3.05, 3.63) is 29.8 Å². The van der Waals surface area contributed by atoms with E-state index in [1.807, 2.05) is 6.92 Å². The molecule has 0 aromatic heterocycles. The van der Waals surface area contributed by atoms with Crippen LogP contribution < -0.4 is 5.32 Å². The lowest BCUT2D eigenvalue weighted by Crippen LogP contribution is -2.48. The molecular weight excluding hydrogens is 352 g/mol. The standard InChI is InChI=1S/C19H30N2O4S/c1-15(2)13-21-9-10-25-17(14-21)12-20-19(22)8-11-26(23,24)18-6-4-16(3)5-7-18/h4-7,15,17H,8-14H2,1-3H3,(H,20,22). The van der Waals surface area contributed by atoms with Crippen LogP contribution >= 0.6 is 0 Å². The summed E-state index contributed by atoms with van der Waals surface area (Å²) in [6.45, 7) is 10.1. The van der Waals surface area contributed by atoms with Crippen molar-refractivity contribution < 1.29 is 17.9 Å². The van der Waals surface area contributed by atoms with Gasteiger partial charge in [-0.15, -0.1) is 0 Å². The smallest absolute Gasteiger partial charge is 0.221 e. The number of aryl methyl sites for hydroxylation is 1. The van der Waals surface area contributed by atoms with E-state index in [-0.39, 0.29) is 29.1 Å². The monoisotopic (exact) mass is 382 g/mol. The topological polar surface area (TPSA) is 75.7 Å². The Morgan fingerprint density at radius 1 is 1.31 bits per heavy atom. The highest BCUT2D eigenvalue weighted by Crippen LogP contribution is 2.13. The average Bonchev–Trinajstić information content (AvgIpc) is 2.58. The van der Waals surface area contributed by atoms with Crippen LogP contribution in [0, 0.1) is 12.8 Å². The first-order valence-electron chi connectivity index (χ1n) is 9.16. The molecule has 1 amide bonds. The number of carbonyl (C=O) groups is 1. The van der Waals surface area contributed by atoms with Crippen LogP contribution in [0.25, 0.3) is 0 Å². The lowest BCUT2D eigenvalue weighted by atomic mass is 10.2. The summed E-state index contributed by atoms with van der Waals surface area (Å²) >= 11 is 0. The normalized spacial score (nSPS) is 18.8. The average molecular weight is 383 g/mol. The molecule has 1 unspecified atom stereocenters. The Bertz CT molecular complexity index is 686. The molecule has 0 radical (unpaired) electrons. The van der Waals surface area contributed by atoms with Crippen LogP contribution in [0.1, 0.15) is 25.8 Å². The Hall–Kier alpha value is -1.44. The molecule has 1 aliphatic heterocycles. The summed E-state index contributed by atoms with van der Waals surface area (Å²) in [6.07, 6.45) is -0.0845. The van der Waals surface area contributed by atoms with Crippen LogP contribution in [0.15, 0.2) is 29.2 Å². The first kappa shape index (κ1) is 20.9. The Morgan fingerprint density at radius 2 is 2.00 bits per heavy atom. The predicted molar refractivity (Wildman–Crippen MR) is 102 cm³/mol. The van der Waals surface area contributed by atoms with Gasteiger partial charge in [-0.25, -0.2) is 8.42 Å². The highest BCUT2D eigenvalue weighted by Gasteiger charge is 2.22. The Morgan fingerprint density at radius 3 is 2.65 bits per heavy atom. The van der Waals surface area contributed by atoms with Crippen molar-refractivity contribution in [2.75, 3.05) is 38.5 Å². The van der Waals surface area contributed by atoms with Gasteiger partial charge in [-0.05, 0) is 25.0 Å². The minimum Gasteiger partial charge on any atom is -0.374 e. The fourth-order valence-corrected chi connectivity index (χ4v) is 4.23. The quantitative estimate of drug-likeness (QED) is 0.740. The molecule has 1 aromatic carbocycles. The molecule has 1 aliphatic rings. The molecule has 1 N–H and O–H groups in total. The maximum Gasteiger partial charge on any atom is 0.221 e. The van der Waals surface area contributed by atoms with Gasteiger partial charge in [0.05, 0.1) is 23.4 Å². The van der Waals surface area contributed by atoms with Crippen LogP contribution in [-0.2, 0) is 19.4 Å². The minimum atomic E-state index is -3.44. The molecule has 0 spiro atoms. The van der Waals surface area contributed by atoms with E-state index in [4.69, 9.17) is 4.74 Å². The Balaban J connectivity index is 1.75. The highest BCUT2D eigenvalue weighted by molar-refractivity contribution is 7.91. The highest BCUT2D eigenvalue weighted by atomic mass is 32.2. The van der Waals surface area contributed by atoms with Gasteiger partial charge in [-0.3, -0.25) is 9.69 Å². The van der Waals surface area contributed by atoms with Crippen LogP contribution in [0.3, 0.4) is 0 Å². The van der Waals surface area contributed by atoms with Crippen LogP contribution in [-0.4, -0.2) is 63.9 Å². The number of amides is 1. The number of carbonyl (C=O) groups excluding carboxylic acids is 1. The maximum atomic E-state index is 12.3. The summed E-state index contributed by atoms with van der Waals surface area (Å²) in [4.78, 5) is 14.6. The van der Waals surface area contributed by atoms with Gasteiger partial charge in [-0.1, -0.05) is 31.5 Å². The number of nitrogens with zero attached hydrogens (tertiary/aromatic N) is 1. The molecule has 7 heteroatoms. The SMILES string of the molecule is Cc1ccc(S(=O)(=O)CCC(=O)NCC2CN(CC(C)C)CCO2)cc1. The van der Waals surface area contributed by atoms with E-state index in [9.17, 15) is 13.2 Å². The number of nitrogens with one attached hydrogen (secondary N) is 1.